The zero-order valence-electron chi connectivity index (χ0n) is 15.0. The first kappa shape index (κ1) is 18.5. The van der Waals surface area contributed by atoms with Crippen LogP contribution in [0.5, 0.6) is 11.5 Å². The van der Waals surface area contributed by atoms with Crippen molar-refractivity contribution in [1.29, 1.82) is 0 Å². The smallest absolute Gasteiger partial charge is 0.277 e. The van der Waals surface area contributed by atoms with Crippen molar-refractivity contribution in [2.45, 2.75) is 33.1 Å². The molecule has 0 bridgehead atoms. The second-order valence-corrected chi connectivity index (χ2v) is 6.90. The molecule has 2 N–H and O–H groups in total. The molecule has 0 fully saturated rings. The topological polar surface area (TPSA) is 70.9 Å². The molecule has 0 radical (unpaired) electrons. The third-order valence-electron chi connectivity index (χ3n) is 3.70. The van der Waals surface area contributed by atoms with Crippen LogP contribution in [0.15, 0.2) is 47.6 Å². The summed E-state index contributed by atoms with van der Waals surface area (Å²) in [7, 11) is 0. The number of hydrogen-bond acceptors (Lipinski definition) is 4. The highest BCUT2D eigenvalue weighted by Gasteiger charge is 2.15. The van der Waals surface area contributed by atoms with E-state index in [0.29, 0.717) is 5.75 Å². The molecule has 0 aliphatic heterocycles. The van der Waals surface area contributed by atoms with E-state index in [0.717, 1.165) is 11.1 Å². The minimum Gasteiger partial charge on any atom is -0.508 e. The number of phenols is 1. The highest BCUT2D eigenvalue weighted by Crippen LogP contribution is 2.27. The van der Waals surface area contributed by atoms with Crippen molar-refractivity contribution in [3.05, 3.63) is 59.2 Å². The van der Waals surface area contributed by atoms with Gasteiger partial charge in [0.05, 0.1) is 6.21 Å². The van der Waals surface area contributed by atoms with Gasteiger partial charge in [-0.05, 0) is 59.4 Å². The van der Waals surface area contributed by atoms with Crippen LogP contribution in [-0.4, -0.2) is 23.8 Å². The number of carbonyl (C=O) groups excluding carboxylic acids is 1. The van der Waals surface area contributed by atoms with Crippen LogP contribution in [0.3, 0.4) is 0 Å². The fourth-order valence-corrected chi connectivity index (χ4v) is 2.19. The van der Waals surface area contributed by atoms with Gasteiger partial charge in [-0.1, -0.05) is 32.9 Å². The second-order valence-electron chi connectivity index (χ2n) is 6.90. The number of aromatic hydroxyl groups is 1. The van der Waals surface area contributed by atoms with Crippen molar-refractivity contribution in [1.82, 2.24) is 5.43 Å². The van der Waals surface area contributed by atoms with Gasteiger partial charge in [-0.25, -0.2) is 5.43 Å². The largest absolute Gasteiger partial charge is 0.508 e. The Balaban J connectivity index is 1.86. The van der Waals surface area contributed by atoms with Crippen LogP contribution in [0.4, 0.5) is 0 Å². The van der Waals surface area contributed by atoms with Crippen molar-refractivity contribution in [2.75, 3.05) is 6.61 Å². The molecule has 0 aliphatic rings. The maximum atomic E-state index is 11.8. The highest BCUT2D eigenvalue weighted by atomic mass is 16.5. The molecule has 0 aromatic heterocycles. The summed E-state index contributed by atoms with van der Waals surface area (Å²) in [4.78, 5) is 11.8. The lowest BCUT2D eigenvalue weighted by Crippen LogP contribution is -2.24. The molecule has 0 saturated heterocycles. The molecule has 5 nitrogen and oxygen atoms in total. The summed E-state index contributed by atoms with van der Waals surface area (Å²) in [6, 6.07) is 12.5. The number of hydrogen-bond donors (Lipinski definition) is 2. The Morgan fingerprint density at radius 2 is 1.88 bits per heavy atom. The van der Waals surface area contributed by atoms with Gasteiger partial charge < -0.3 is 9.84 Å². The van der Waals surface area contributed by atoms with Gasteiger partial charge in [0, 0.05) is 0 Å². The highest BCUT2D eigenvalue weighted by molar-refractivity contribution is 5.83. The predicted octanol–water partition coefficient (Wildman–Crippen LogP) is 3.53. The Morgan fingerprint density at radius 1 is 1.20 bits per heavy atom. The zero-order chi connectivity index (χ0) is 18.4. The van der Waals surface area contributed by atoms with Gasteiger partial charge in [-0.15, -0.1) is 0 Å². The van der Waals surface area contributed by atoms with Gasteiger partial charge in [0.25, 0.3) is 5.91 Å². The predicted molar refractivity (Wildman–Crippen MR) is 99.2 cm³/mol. The van der Waals surface area contributed by atoms with Gasteiger partial charge in [-0.3, -0.25) is 4.79 Å². The number of aryl methyl sites for hydroxylation is 1. The molecule has 2 rings (SSSR count). The maximum absolute atomic E-state index is 11.8. The summed E-state index contributed by atoms with van der Waals surface area (Å²) in [5.41, 5.74) is 5.47. The molecule has 2 aromatic carbocycles. The first-order chi connectivity index (χ1) is 11.8. The van der Waals surface area contributed by atoms with E-state index in [2.05, 4.69) is 37.4 Å². The average molecular weight is 340 g/mol. The Hall–Kier alpha value is -2.82. The van der Waals surface area contributed by atoms with E-state index in [9.17, 15) is 9.90 Å². The fourth-order valence-electron chi connectivity index (χ4n) is 2.19. The van der Waals surface area contributed by atoms with Crippen molar-refractivity contribution in [3.8, 4) is 11.5 Å². The SMILES string of the molecule is Cc1cc(C(C)(C)C)ccc1OCC(=O)N/N=C/c1ccc(O)cc1. The number of nitrogens with one attached hydrogen (secondary N) is 1. The molecule has 0 saturated carbocycles. The first-order valence-electron chi connectivity index (χ1n) is 8.10. The second kappa shape index (κ2) is 7.83. The Bertz CT molecular complexity index is 760. The van der Waals surface area contributed by atoms with Crippen LogP contribution in [0.2, 0.25) is 0 Å². The number of ether oxygens (including phenoxy) is 1. The molecule has 0 aliphatic carbocycles. The zero-order valence-corrected chi connectivity index (χ0v) is 15.0. The van der Waals surface area contributed by atoms with Crippen molar-refractivity contribution >= 4 is 12.1 Å². The van der Waals surface area contributed by atoms with E-state index in [-0.39, 0.29) is 23.7 Å². The maximum Gasteiger partial charge on any atom is 0.277 e. The number of hydrazone groups is 1. The van der Waals surface area contributed by atoms with Crippen molar-refractivity contribution in [2.24, 2.45) is 5.10 Å². The lowest BCUT2D eigenvalue weighted by atomic mass is 9.86. The molecule has 5 heteroatoms. The monoisotopic (exact) mass is 340 g/mol. The van der Waals surface area contributed by atoms with E-state index in [1.165, 1.54) is 11.8 Å². The fraction of sp³-hybridized carbons (Fsp3) is 0.300. The molecule has 0 heterocycles. The van der Waals surface area contributed by atoms with Crippen molar-refractivity contribution in [3.63, 3.8) is 0 Å². The summed E-state index contributed by atoms with van der Waals surface area (Å²) in [5.74, 6) is 0.530. The number of benzene rings is 2. The minimum absolute atomic E-state index is 0.0730. The molecule has 25 heavy (non-hydrogen) atoms. The molecule has 132 valence electrons. The Morgan fingerprint density at radius 3 is 2.48 bits per heavy atom. The lowest BCUT2D eigenvalue weighted by molar-refractivity contribution is -0.123. The summed E-state index contributed by atoms with van der Waals surface area (Å²) < 4.78 is 5.57. The number of carbonyl (C=O) groups is 1. The molecule has 0 atom stereocenters. The van der Waals surface area contributed by atoms with Crippen LogP contribution in [0.25, 0.3) is 0 Å². The number of rotatable bonds is 5. The Kier molecular flexibility index (Phi) is 5.80. The first-order valence-corrected chi connectivity index (χ1v) is 8.10. The number of amides is 1. The summed E-state index contributed by atoms with van der Waals surface area (Å²) >= 11 is 0. The number of nitrogens with zero attached hydrogens (tertiary/aromatic N) is 1. The molecule has 2 aromatic rings. The summed E-state index contributed by atoms with van der Waals surface area (Å²) in [6.45, 7) is 8.32. The van der Waals surface area contributed by atoms with Gasteiger partial charge in [-0.2, -0.15) is 5.10 Å². The van der Waals surface area contributed by atoms with Crippen molar-refractivity contribution < 1.29 is 14.6 Å². The third-order valence-corrected chi connectivity index (χ3v) is 3.70. The third kappa shape index (κ3) is 5.64. The van der Waals surface area contributed by atoms with Crippen LogP contribution in [0, 0.1) is 6.92 Å². The summed E-state index contributed by atoms with van der Waals surface area (Å²) in [5, 5.41) is 13.1. The molecular formula is C20H24N2O3. The molecule has 1 amide bonds. The molecule has 0 unspecified atom stereocenters. The van der Waals surface area contributed by atoms with Gasteiger partial charge in [0.15, 0.2) is 6.61 Å². The van der Waals surface area contributed by atoms with Crippen LogP contribution < -0.4 is 10.2 Å². The quantitative estimate of drug-likeness (QED) is 0.646. The lowest BCUT2D eigenvalue weighted by Gasteiger charge is -2.20. The Labute approximate surface area is 148 Å². The van der Waals surface area contributed by atoms with Crippen LogP contribution in [0.1, 0.15) is 37.5 Å². The average Bonchev–Trinajstić information content (AvgIpc) is 2.54. The van der Waals surface area contributed by atoms with Crippen LogP contribution >= 0.6 is 0 Å². The number of phenolic OH excluding ortho intramolecular Hbond substituents is 1. The van der Waals surface area contributed by atoms with Crippen LogP contribution in [-0.2, 0) is 10.2 Å². The summed E-state index contributed by atoms with van der Waals surface area (Å²) in [6.07, 6.45) is 1.50. The van der Waals surface area contributed by atoms with E-state index >= 15 is 0 Å². The van der Waals surface area contributed by atoms with Gasteiger partial charge in [0.2, 0.25) is 0 Å². The van der Waals surface area contributed by atoms with Gasteiger partial charge in [0.1, 0.15) is 11.5 Å². The van der Waals surface area contributed by atoms with E-state index in [1.54, 1.807) is 24.3 Å². The van der Waals surface area contributed by atoms with E-state index < -0.39 is 0 Å². The molecular weight excluding hydrogens is 316 g/mol. The van der Waals surface area contributed by atoms with E-state index in [4.69, 9.17) is 4.74 Å². The normalized spacial score (nSPS) is 11.5. The van der Waals surface area contributed by atoms with E-state index in [1.807, 2.05) is 19.1 Å². The van der Waals surface area contributed by atoms with Gasteiger partial charge >= 0.3 is 0 Å². The molecule has 0 spiro atoms. The standard InChI is InChI=1S/C20H24N2O3/c1-14-11-16(20(2,3)4)7-10-18(14)25-13-19(24)22-21-12-15-5-8-17(23)9-6-15/h5-12,23H,13H2,1-4H3,(H,22,24)/b21-12+. The minimum atomic E-state index is -0.339.